The summed E-state index contributed by atoms with van der Waals surface area (Å²) in [5, 5.41) is 14.1. The fourth-order valence-electron chi connectivity index (χ4n) is 9.00. The number of likely N-dealkylation sites (tertiary alicyclic amines) is 1. The first-order valence-electron chi connectivity index (χ1n) is 21.8. The van der Waals surface area contributed by atoms with Gasteiger partial charge in [0.15, 0.2) is 17.5 Å². The Morgan fingerprint density at radius 3 is 1.53 bits per heavy atom. The highest BCUT2D eigenvalue weighted by Gasteiger charge is 2.57. The van der Waals surface area contributed by atoms with Crippen molar-refractivity contribution in [1.29, 1.82) is 0 Å². The Labute approximate surface area is 414 Å². The molecule has 0 radical (unpaired) electrons. The van der Waals surface area contributed by atoms with Crippen molar-refractivity contribution >= 4 is 17.8 Å². The van der Waals surface area contributed by atoms with Crippen molar-refractivity contribution in [1.82, 2.24) is 4.90 Å². The third-order valence-electron chi connectivity index (χ3n) is 12.3. The number of ketones is 1. The fourth-order valence-corrected chi connectivity index (χ4v) is 9.00. The molecule has 6 nitrogen and oxygen atoms in total. The topological polar surface area (TPSA) is 72.7 Å². The van der Waals surface area contributed by atoms with Crippen LogP contribution in [-0.4, -0.2) is 52.6 Å². The highest BCUT2D eigenvalue weighted by molar-refractivity contribution is 6.23. The quantitative estimate of drug-likeness (QED) is 0.188. The van der Waals surface area contributed by atoms with Gasteiger partial charge in [-0.05, 0) is 153 Å². The van der Waals surface area contributed by atoms with E-state index in [0.717, 1.165) is 37.0 Å². The lowest BCUT2D eigenvalue weighted by atomic mass is 9.66. The highest BCUT2D eigenvalue weighted by atomic mass is 16.5. The summed E-state index contributed by atoms with van der Waals surface area (Å²) in [6, 6.07) is 6.36. The molecule has 0 N–H and O–H groups in total. The van der Waals surface area contributed by atoms with Crippen LogP contribution in [0.5, 0.6) is 0 Å². The summed E-state index contributed by atoms with van der Waals surface area (Å²) in [5.74, 6) is 80.9. The second-order valence-electron chi connectivity index (χ2n) is 16.7. The maximum Gasteiger partial charge on any atom is 0.237 e. The number of rotatable bonds is 4. The van der Waals surface area contributed by atoms with Gasteiger partial charge >= 0.3 is 0 Å². The maximum atomic E-state index is 14.1. The summed E-state index contributed by atoms with van der Waals surface area (Å²) in [5.41, 5.74) is 0.668. The van der Waals surface area contributed by atoms with E-state index in [0.29, 0.717) is 19.3 Å². The molecule has 0 aromatic heterocycles. The van der Waals surface area contributed by atoms with E-state index in [2.05, 4.69) is 229 Å². The molecule has 328 valence electrons. The zero-order valence-electron chi connectivity index (χ0n) is 39.1. The average Bonchev–Trinajstić information content (AvgIpc) is 3.70. The summed E-state index contributed by atoms with van der Waals surface area (Å²) in [7, 11) is 1.72. The predicted octanol–water partition coefficient (Wildman–Crippen LogP) is 3.23. The third-order valence-corrected chi connectivity index (χ3v) is 12.3. The lowest BCUT2D eigenvalue weighted by molar-refractivity contribution is -0.482. The molecule has 3 aliphatic carbocycles. The first-order chi connectivity index (χ1) is 34.0. The second-order valence-corrected chi connectivity index (χ2v) is 16.7. The van der Waals surface area contributed by atoms with Crippen LogP contribution < -0.4 is 5.11 Å². The Bertz CT molecular complexity index is 3600. The number of hydrogen-bond donors (Lipinski definition) is 0. The van der Waals surface area contributed by atoms with Crippen LogP contribution in [0.1, 0.15) is 66.2 Å². The number of methoxy groups -OCH3 is 1. The summed E-state index contributed by atoms with van der Waals surface area (Å²) >= 11 is 0. The molecule has 0 bridgehead atoms. The number of carbonyl (C=O) groups excluding carboxylic acids is 2. The Kier molecular flexibility index (Phi) is 18.6. The number of Topliss-reactive ketones (excluding diaryl/α,β-unsaturated/α-hetero) is 1. The molecule has 70 heavy (non-hydrogen) atoms. The number of ether oxygens (including phenoxy) is 1. The molecular formula is C64H38N2O4. The Balaban J connectivity index is 1.43. The van der Waals surface area contributed by atoms with Gasteiger partial charge in [-0.3, -0.25) is 4.79 Å². The molecule has 5 aliphatic rings. The monoisotopic (exact) mass is 898 g/mol. The van der Waals surface area contributed by atoms with Gasteiger partial charge in [0.25, 0.3) is 0 Å². The van der Waals surface area contributed by atoms with Gasteiger partial charge in [-0.25, -0.2) is 0 Å². The van der Waals surface area contributed by atoms with Gasteiger partial charge in [-0.2, -0.15) is 0 Å². The summed E-state index contributed by atoms with van der Waals surface area (Å²) in [4.78, 5) is 28.1. The maximum absolute atomic E-state index is 14.1. The molecule has 6 unspecified atom stereocenters. The standard InChI is InChI=1S/C64H38N2O4/c1-8-10-12-14-16-18-20-22-24-26-28-30-32-34-36-38-44-65-57-42-40-51(50-67)46-55(57)63(3,4)59(65)48-53-61(68)54(62(53)69)49-60-64(5,6)56-47-52(70-7)41-43-58(56)66(60)45-39-37-35-33-31-29-27-25-23-21-19-17-15-13-11-9-2/h1-2,48-52,55-58H,40-43,46-47H2,3-7H3. The minimum Gasteiger partial charge on any atom is -0.871 e. The van der Waals surface area contributed by atoms with Gasteiger partial charge in [-0.1, -0.05) is 19.6 Å². The van der Waals surface area contributed by atoms with Crippen LogP contribution in [0.25, 0.3) is 0 Å². The molecule has 3 fully saturated rings. The number of allylic oxidation sites excluding steroid dienone is 5. The predicted molar refractivity (Wildman–Crippen MR) is 268 cm³/mol. The van der Waals surface area contributed by atoms with Gasteiger partial charge in [0, 0.05) is 155 Å². The number of fused-ring (bicyclic) bond motifs is 2. The van der Waals surface area contributed by atoms with Crippen molar-refractivity contribution in [2.75, 3.05) is 7.11 Å². The SMILES string of the molecule is C#CC#CC#CC#CC#CC#CC#CC#CC#CN1C(=CC2=C([O-])C(=CC3=[N+](C#CC#CC#CC#CC#CC#CC#CC#CC#C)C4CCC(C=O)CC4C3(C)C)C2=O)C(C)(C)C2CC(OC)CCC21. The minimum absolute atomic E-state index is 0.0172. The van der Waals surface area contributed by atoms with Crippen LogP contribution in [0, 0.1) is 243 Å². The van der Waals surface area contributed by atoms with E-state index in [9.17, 15) is 14.7 Å². The third kappa shape index (κ3) is 13.0. The molecule has 0 aromatic carbocycles. The molecule has 1 saturated heterocycles. The molecule has 5 rings (SSSR count). The molecule has 2 heterocycles. The molecule has 0 spiro atoms. The van der Waals surface area contributed by atoms with Gasteiger partial charge in [0.1, 0.15) is 6.29 Å². The molecular weight excluding hydrogens is 861 g/mol. The molecule has 6 atom stereocenters. The van der Waals surface area contributed by atoms with Crippen molar-refractivity contribution in [3.63, 3.8) is 0 Å². The van der Waals surface area contributed by atoms with E-state index in [1.807, 2.05) is 9.48 Å². The Morgan fingerprint density at radius 1 is 0.600 bits per heavy atom. The molecule has 6 heteroatoms. The number of terminal acetylenes is 2. The summed E-state index contributed by atoms with van der Waals surface area (Å²) < 4.78 is 7.72. The van der Waals surface area contributed by atoms with Crippen LogP contribution >= 0.6 is 0 Å². The van der Waals surface area contributed by atoms with Gasteiger partial charge in [0.2, 0.25) is 6.04 Å². The number of hydrogen-bond acceptors (Lipinski definition) is 5. The number of aldehydes is 1. The van der Waals surface area contributed by atoms with Gasteiger partial charge in [-0.15, -0.1) is 17.4 Å². The normalized spacial score (nSPS) is 22.2. The van der Waals surface area contributed by atoms with Crippen LogP contribution in [-0.2, 0) is 14.3 Å². The second kappa shape index (κ2) is 25.5. The molecule has 0 aromatic rings. The number of nitrogens with zero attached hydrogens (tertiary/aromatic N) is 2. The van der Waals surface area contributed by atoms with E-state index >= 15 is 0 Å². The van der Waals surface area contributed by atoms with Gasteiger partial charge in [0.05, 0.1) is 17.4 Å². The van der Waals surface area contributed by atoms with Crippen LogP contribution in [0.15, 0.2) is 34.8 Å². The summed E-state index contributed by atoms with van der Waals surface area (Å²) in [6.07, 6.45) is 19.0. The smallest absolute Gasteiger partial charge is 0.237 e. The number of carbonyl (C=O) groups is 2. The van der Waals surface area contributed by atoms with Crippen molar-refractivity contribution in [2.45, 2.75) is 84.4 Å². The minimum atomic E-state index is -0.524. The first kappa shape index (κ1) is 50.9. The van der Waals surface area contributed by atoms with Crippen molar-refractivity contribution < 1.29 is 24.0 Å². The van der Waals surface area contributed by atoms with E-state index < -0.39 is 10.8 Å². The van der Waals surface area contributed by atoms with Crippen LogP contribution in [0.4, 0.5) is 0 Å². The van der Waals surface area contributed by atoms with Crippen molar-refractivity contribution in [3.8, 4) is 214 Å². The molecule has 2 aliphatic heterocycles. The van der Waals surface area contributed by atoms with Crippen LogP contribution in [0.2, 0.25) is 0 Å². The lowest BCUT2D eigenvalue weighted by Crippen LogP contribution is -2.38. The zero-order valence-corrected chi connectivity index (χ0v) is 39.1. The zero-order chi connectivity index (χ0) is 50.2. The highest BCUT2D eigenvalue weighted by Crippen LogP contribution is 2.54. The van der Waals surface area contributed by atoms with Gasteiger partial charge < -0.3 is 19.5 Å². The van der Waals surface area contributed by atoms with Crippen LogP contribution in [0.3, 0.4) is 0 Å². The van der Waals surface area contributed by atoms with Crippen molar-refractivity contribution in [2.24, 2.45) is 28.6 Å². The largest absolute Gasteiger partial charge is 0.871 e. The summed E-state index contributed by atoms with van der Waals surface area (Å²) in [6.45, 7) is 8.37. The van der Waals surface area contributed by atoms with E-state index in [4.69, 9.17) is 17.6 Å². The first-order valence-corrected chi connectivity index (χ1v) is 21.8. The molecule has 0 amide bonds. The lowest BCUT2D eigenvalue weighted by Gasteiger charge is -2.36. The van der Waals surface area contributed by atoms with Crippen molar-refractivity contribution in [3.05, 3.63) is 34.8 Å². The van der Waals surface area contributed by atoms with E-state index in [1.165, 1.54) is 0 Å². The Morgan fingerprint density at radius 2 is 1.07 bits per heavy atom. The van der Waals surface area contributed by atoms with E-state index in [1.54, 1.807) is 19.3 Å². The fraction of sp³-hybridized carbons (Fsp3) is 0.297. The average molecular weight is 899 g/mol. The Hall–Kier alpha value is -10.1. The van der Waals surface area contributed by atoms with E-state index in [-0.39, 0.29) is 58.6 Å². The molecule has 2 saturated carbocycles.